The van der Waals surface area contributed by atoms with Crippen LogP contribution in [0.15, 0.2) is 23.5 Å². The molecule has 2 N–H and O–H groups in total. The molecule has 1 aliphatic rings. The first-order valence-electron chi connectivity index (χ1n) is 8.03. The van der Waals surface area contributed by atoms with Crippen LogP contribution in [0.2, 0.25) is 0 Å². The van der Waals surface area contributed by atoms with Gasteiger partial charge in [0.2, 0.25) is 0 Å². The number of halogens is 1. The predicted octanol–water partition coefficient (Wildman–Crippen LogP) is 3.30. The number of pyridine rings is 1. The molecular weight excluding hydrogens is 387 g/mol. The normalized spacial score (nSPS) is 16.4. The maximum Gasteiger partial charge on any atom is 0.191 e. The Hall–Kier alpha value is -0.850. The summed E-state index contributed by atoms with van der Waals surface area (Å²) in [5, 5.41) is 6.90. The van der Waals surface area contributed by atoms with Gasteiger partial charge < -0.3 is 10.6 Å². The zero-order valence-corrected chi connectivity index (χ0v) is 16.3. The first kappa shape index (κ1) is 19.2. The number of hydrogen-bond acceptors (Lipinski definition) is 2. The number of aromatic nitrogens is 1. The highest BCUT2D eigenvalue weighted by atomic mass is 127. The second-order valence-electron chi connectivity index (χ2n) is 6.11. The van der Waals surface area contributed by atoms with E-state index >= 15 is 0 Å². The Morgan fingerprint density at radius 3 is 2.68 bits per heavy atom. The van der Waals surface area contributed by atoms with E-state index in [0.29, 0.717) is 5.41 Å². The van der Waals surface area contributed by atoms with Gasteiger partial charge in [-0.25, -0.2) is 0 Å². The maximum absolute atomic E-state index is 4.32. The summed E-state index contributed by atoms with van der Waals surface area (Å²) in [5.74, 6) is 0.918. The molecule has 1 fully saturated rings. The van der Waals surface area contributed by atoms with Crippen molar-refractivity contribution in [3.8, 4) is 0 Å². The van der Waals surface area contributed by atoms with Gasteiger partial charge in [0.1, 0.15) is 0 Å². The lowest BCUT2D eigenvalue weighted by atomic mass is 9.67. The third kappa shape index (κ3) is 5.11. The SMILES string of the molecule is CCC1(CNC(=NC)NCCc2ccncc2C)CCC1.I. The molecule has 0 amide bonds. The van der Waals surface area contributed by atoms with Crippen LogP contribution >= 0.6 is 24.0 Å². The third-order valence-corrected chi connectivity index (χ3v) is 4.84. The lowest BCUT2D eigenvalue weighted by molar-refractivity contribution is 0.131. The molecule has 0 radical (unpaired) electrons. The molecule has 0 aliphatic heterocycles. The second kappa shape index (κ2) is 9.33. The van der Waals surface area contributed by atoms with E-state index in [9.17, 15) is 0 Å². The van der Waals surface area contributed by atoms with E-state index < -0.39 is 0 Å². The van der Waals surface area contributed by atoms with Crippen LogP contribution in [0.25, 0.3) is 0 Å². The molecule has 1 heterocycles. The lowest BCUT2D eigenvalue weighted by Crippen LogP contribution is -2.46. The van der Waals surface area contributed by atoms with Crippen LogP contribution in [0.1, 0.15) is 43.7 Å². The highest BCUT2D eigenvalue weighted by Crippen LogP contribution is 2.42. The van der Waals surface area contributed by atoms with Gasteiger partial charge in [-0.3, -0.25) is 9.98 Å². The van der Waals surface area contributed by atoms with Crippen LogP contribution in [-0.4, -0.2) is 31.1 Å². The van der Waals surface area contributed by atoms with E-state index in [0.717, 1.165) is 25.5 Å². The standard InChI is InChI=1S/C17H28N4.HI/c1-4-17(8-5-9-17)13-21-16(18-3)20-11-7-15-6-10-19-12-14(15)2;/h6,10,12H,4-5,7-9,11,13H2,1-3H3,(H2,18,20,21);1H. The molecule has 0 aromatic carbocycles. The average molecular weight is 416 g/mol. The van der Waals surface area contributed by atoms with Crippen molar-refractivity contribution in [2.75, 3.05) is 20.1 Å². The molecule has 1 aromatic heterocycles. The van der Waals surface area contributed by atoms with Crippen LogP contribution in [0, 0.1) is 12.3 Å². The predicted molar refractivity (Wildman–Crippen MR) is 104 cm³/mol. The minimum Gasteiger partial charge on any atom is -0.356 e. The van der Waals surface area contributed by atoms with Gasteiger partial charge in [0.15, 0.2) is 5.96 Å². The number of rotatable bonds is 6. The molecule has 124 valence electrons. The van der Waals surface area contributed by atoms with E-state index in [1.165, 1.54) is 36.8 Å². The zero-order chi connectivity index (χ0) is 15.1. The summed E-state index contributed by atoms with van der Waals surface area (Å²) in [6.45, 7) is 6.33. The summed E-state index contributed by atoms with van der Waals surface area (Å²) in [5.41, 5.74) is 3.11. The second-order valence-corrected chi connectivity index (χ2v) is 6.11. The Kier molecular flexibility index (Phi) is 8.14. The van der Waals surface area contributed by atoms with Crippen LogP contribution < -0.4 is 10.6 Å². The Balaban J connectivity index is 0.00000242. The number of hydrogen-bond donors (Lipinski definition) is 2. The molecule has 2 rings (SSSR count). The van der Waals surface area contributed by atoms with Gasteiger partial charge in [-0.1, -0.05) is 13.3 Å². The van der Waals surface area contributed by atoms with Crippen molar-refractivity contribution in [2.45, 2.75) is 46.0 Å². The highest BCUT2D eigenvalue weighted by molar-refractivity contribution is 14.0. The van der Waals surface area contributed by atoms with Crippen molar-refractivity contribution in [3.05, 3.63) is 29.6 Å². The number of aryl methyl sites for hydroxylation is 1. The number of guanidine groups is 1. The maximum atomic E-state index is 4.32. The molecule has 22 heavy (non-hydrogen) atoms. The molecular formula is C17H29IN4. The van der Waals surface area contributed by atoms with Crippen LogP contribution in [0.3, 0.4) is 0 Å². The van der Waals surface area contributed by atoms with Crippen LogP contribution in [0.4, 0.5) is 0 Å². The molecule has 5 heteroatoms. The summed E-state index contributed by atoms with van der Waals surface area (Å²) in [6.07, 6.45) is 10.1. The van der Waals surface area contributed by atoms with E-state index in [2.05, 4.69) is 40.5 Å². The molecule has 1 aliphatic carbocycles. The van der Waals surface area contributed by atoms with Crippen molar-refractivity contribution in [3.63, 3.8) is 0 Å². The Morgan fingerprint density at radius 2 is 2.14 bits per heavy atom. The molecule has 0 spiro atoms. The first-order chi connectivity index (χ1) is 10.2. The summed E-state index contributed by atoms with van der Waals surface area (Å²) >= 11 is 0. The Morgan fingerprint density at radius 1 is 1.36 bits per heavy atom. The van der Waals surface area contributed by atoms with Gasteiger partial charge in [-0.05, 0) is 55.2 Å². The summed E-state index contributed by atoms with van der Waals surface area (Å²) in [6, 6.07) is 2.09. The molecule has 0 bridgehead atoms. The molecule has 0 saturated heterocycles. The van der Waals surface area contributed by atoms with Crippen molar-refractivity contribution in [1.29, 1.82) is 0 Å². The van der Waals surface area contributed by atoms with Crippen molar-refractivity contribution >= 4 is 29.9 Å². The zero-order valence-electron chi connectivity index (χ0n) is 14.0. The van der Waals surface area contributed by atoms with Crippen molar-refractivity contribution in [2.24, 2.45) is 10.4 Å². The Labute approximate surface area is 151 Å². The average Bonchev–Trinajstić information content (AvgIpc) is 2.46. The fraction of sp³-hybridized carbons (Fsp3) is 0.647. The van der Waals surface area contributed by atoms with E-state index in [-0.39, 0.29) is 24.0 Å². The van der Waals surface area contributed by atoms with Crippen LogP contribution in [-0.2, 0) is 6.42 Å². The quantitative estimate of drug-likeness (QED) is 0.425. The van der Waals surface area contributed by atoms with Gasteiger partial charge >= 0.3 is 0 Å². The van der Waals surface area contributed by atoms with Crippen LogP contribution in [0.5, 0.6) is 0 Å². The minimum atomic E-state index is 0. The Bertz CT molecular complexity index is 478. The fourth-order valence-corrected chi connectivity index (χ4v) is 2.92. The molecule has 4 nitrogen and oxygen atoms in total. The van der Waals surface area contributed by atoms with E-state index in [4.69, 9.17) is 0 Å². The largest absolute Gasteiger partial charge is 0.356 e. The fourth-order valence-electron chi connectivity index (χ4n) is 2.92. The van der Waals surface area contributed by atoms with Gasteiger partial charge in [0.05, 0.1) is 0 Å². The van der Waals surface area contributed by atoms with Crippen molar-refractivity contribution in [1.82, 2.24) is 15.6 Å². The summed E-state index contributed by atoms with van der Waals surface area (Å²) in [4.78, 5) is 8.45. The number of nitrogens with one attached hydrogen (secondary N) is 2. The van der Waals surface area contributed by atoms with Gasteiger partial charge in [-0.2, -0.15) is 0 Å². The molecule has 1 saturated carbocycles. The smallest absolute Gasteiger partial charge is 0.191 e. The lowest BCUT2D eigenvalue weighted by Gasteiger charge is -2.41. The molecule has 0 unspecified atom stereocenters. The topological polar surface area (TPSA) is 49.3 Å². The van der Waals surface area contributed by atoms with Crippen molar-refractivity contribution < 1.29 is 0 Å². The highest BCUT2D eigenvalue weighted by Gasteiger charge is 2.34. The van der Waals surface area contributed by atoms with Gasteiger partial charge in [0, 0.05) is 32.5 Å². The monoisotopic (exact) mass is 416 g/mol. The summed E-state index contributed by atoms with van der Waals surface area (Å²) in [7, 11) is 1.84. The van der Waals surface area contributed by atoms with Gasteiger partial charge in [0.25, 0.3) is 0 Å². The van der Waals surface area contributed by atoms with Gasteiger partial charge in [-0.15, -0.1) is 24.0 Å². The first-order valence-corrected chi connectivity index (χ1v) is 8.03. The third-order valence-electron chi connectivity index (χ3n) is 4.84. The van der Waals surface area contributed by atoms with E-state index in [1.54, 1.807) is 0 Å². The number of aliphatic imine (C=N–C) groups is 1. The van der Waals surface area contributed by atoms with E-state index in [1.807, 2.05) is 19.4 Å². The minimum absolute atomic E-state index is 0. The number of nitrogens with zero attached hydrogens (tertiary/aromatic N) is 2. The molecule has 0 atom stereocenters. The summed E-state index contributed by atoms with van der Waals surface area (Å²) < 4.78 is 0. The molecule has 1 aromatic rings.